The van der Waals surface area contributed by atoms with E-state index >= 15 is 0 Å². The summed E-state index contributed by atoms with van der Waals surface area (Å²) in [6.45, 7) is 0. The highest BCUT2D eigenvalue weighted by Crippen LogP contribution is 2.81. The topological polar surface area (TPSA) is 294 Å². The molecule has 4 bridgehead atoms. The van der Waals surface area contributed by atoms with Gasteiger partial charge in [0.05, 0.1) is 9.85 Å². The summed E-state index contributed by atoms with van der Waals surface area (Å²) < 4.78 is 0. The lowest BCUT2D eigenvalue weighted by molar-refractivity contribution is -0.663. The lowest BCUT2D eigenvalue weighted by Crippen LogP contribution is -2.89. The second kappa shape index (κ2) is 5.77. The maximum atomic E-state index is 12.3. The minimum Gasteiger partial charge on any atom is -0.481 e. The maximum absolute atomic E-state index is 12.3. The summed E-state index contributed by atoms with van der Waals surface area (Å²) in [5, 5.41) is 68.2. The average Bonchev–Trinajstić information content (AvgIpc) is 2.66. The summed E-state index contributed by atoms with van der Waals surface area (Å²) >= 11 is 0. The molecule has 0 aromatic heterocycles. The second-order valence-electron chi connectivity index (χ2n) is 8.30. The summed E-state index contributed by atoms with van der Waals surface area (Å²) in [5.41, 5.74) is -21.5. The number of carbonyl (C=O) groups is 4. The van der Waals surface area contributed by atoms with Crippen molar-refractivity contribution in [2.75, 3.05) is 0 Å². The van der Waals surface area contributed by atoms with Crippen LogP contribution < -0.4 is 0 Å². The van der Waals surface area contributed by atoms with Gasteiger partial charge in [0, 0.05) is 10.4 Å². The van der Waals surface area contributed by atoms with Gasteiger partial charge in [0.25, 0.3) is 0 Å². The minimum absolute atomic E-state index is 1.65. The first kappa shape index (κ1) is 22.6. The minimum atomic E-state index is -3.85. The van der Waals surface area contributed by atoms with Crippen LogP contribution in [0, 0.1) is 51.7 Å². The Morgan fingerprint density at radius 3 is 0.875 bits per heavy atom. The van der Waals surface area contributed by atoms with Crippen LogP contribution in [0.2, 0.25) is 0 Å². The van der Waals surface area contributed by atoms with E-state index < -0.39 is 92.4 Å². The first-order chi connectivity index (χ1) is 14.6. The zero-order chi connectivity index (χ0) is 24.7. The molecule has 0 atom stereocenters. The van der Waals surface area contributed by atoms with E-state index in [0.717, 1.165) is 0 Å². The lowest BCUT2D eigenvalue weighted by atomic mass is 9.28. The Balaban J connectivity index is 2.69. The van der Waals surface area contributed by atoms with Crippen molar-refractivity contribution in [2.45, 2.75) is 37.0 Å². The Kier molecular flexibility index (Phi) is 4.07. The molecule has 0 amide bonds. The molecule has 4 aliphatic rings. The molecule has 0 aromatic rings. The van der Waals surface area contributed by atoms with Crippen LogP contribution >= 0.6 is 0 Å². The molecule has 0 saturated heterocycles. The van der Waals surface area contributed by atoms with Crippen LogP contribution in [0.25, 0.3) is 0 Å². The van der Waals surface area contributed by atoms with E-state index in [1.807, 2.05) is 0 Å². The Labute approximate surface area is 173 Å². The van der Waals surface area contributed by atoms with E-state index in [-0.39, 0.29) is 0 Å². The van der Waals surface area contributed by atoms with Crippen LogP contribution in [0.5, 0.6) is 0 Å². The number of nitroso groups, excluding NO2 is 2. The highest BCUT2D eigenvalue weighted by Gasteiger charge is 3.02. The first-order valence-electron chi connectivity index (χ1n) is 8.53. The molecule has 18 heteroatoms. The predicted octanol–water partition coefficient (Wildman–Crippen LogP) is -0.650. The van der Waals surface area contributed by atoms with Gasteiger partial charge in [-0.05, 0) is 25.7 Å². The SMILES string of the molecule is O=NC1([N+](=O)[O-])C2(C(=O)O)CC3(C(=O)O)CC1(C(=O)O)CC(C(=O)O)(C2)C3(N=O)[N+](=O)[O-]. The molecule has 172 valence electrons. The zero-order valence-corrected chi connectivity index (χ0v) is 15.5. The van der Waals surface area contributed by atoms with Crippen molar-refractivity contribution in [3.05, 3.63) is 30.0 Å². The van der Waals surface area contributed by atoms with E-state index in [1.54, 1.807) is 0 Å². The van der Waals surface area contributed by atoms with Crippen molar-refractivity contribution in [3.8, 4) is 0 Å². The monoisotopic (exact) mass is 460 g/mol. The number of hydrogen-bond acceptors (Lipinski definition) is 12. The number of carboxylic acid groups (broad SMARTS) is 4. The molecule has 0 radical (unpaired) electrons. The van der Waals surface area contributed by atoms with Crippen molar-refractivity contribution in [2.24, 2.45) is 32.0 Å². The van der Waals surface area contributed by atoms with Gasteiger partial charge in [-0.1, -0.05) is 0 Å². The Morgan fingerprint density at radius 1 is 0.594 bits per heavy atom. The van der Waals surface area contributed by atoms with Gasteiger partial charge >= 0.3 is 35.2 Å². The van der Waals surface area contributed by atoms with E-state index in [0.29, 0.717) is 0 Å². The van der Waals surface area contributed by atoms with Gasteiger partial charge in [-0.3, -0.25) is 39.4 Å². The Hall–Kier alpha value is -4.12. The van der Waals surface area contributed by atoms with Gasteiger partial charge in [0.15, 0.2) is 21.7 Å². The molecule has 0 spiro atoms. The third kappa shape index (κ3) is 1.67. The largest absolute Gasteiger partial charge is 0.481 e. The Bertz CT molecular complexity index is 902. The fourth-order valence-corrected chi connectivity index (χ4v) is 6.53. The molecule has 0 unspecified atom stereocenters. The van der Waals surface area contributed by atoms with Gasteiger partial charge in [-0.25, -0.2) is 0 Å². The number of rotatable bonds is 8. The van der Waals surface area contributed by atoms with Crippen molar-refractivity contribution >= 4 is 23.9 Å². The molecule has 4 aliphatic carbocycles. The molecule has 0 aromatic carbocycles. The van der Waals surface area contributed by atoms with Crippen molar-refractivity contribution in [1.29, 1.82) is 0 Å². The molecular weight excluding hydrogens is 448 g/mol. The highest BCUT2D eigenvalue weighted by molar-refractivity contribution is 5.94. The quantitative estimate of drug-likeness (QED) is 0.199. The number of hydrogen-bond donors (Lipinski definition) is 4. The van der Waals surface area contributed by atoms with Crippen LogP contribution in [0.15, 0.2) is 10.4 Å². The fraction of sp³-hybridized carbons (Fsp3) is 0.714. The summed E-state index contributed by atoms with van der Waals surface area (Å²) in [4.78, 5) is 93.9. The third-order valence-electron chi connectivity index (χ3n) is 7.51. The molecule has 0 aliphatic heterocycles. The van der Waals surface area contributed by atoms with Gasteiger partial charge in [0.2, 0.25) is 0 Å². The van der Waals surface area contributed by atoms with E-state index in [4.69, 9.17) is 0 Å². The first-order valence-corrected chi connectivity index (χ1v) is 8.53. The van der Waals surface area contributed by atoms with Gasteiger partial charge in [-0.2, -0.15) is 0 Å². The zero-order valence-electron chi connectivity index (χ0n) is 15.5. The number of carboxylic acids is 4. The van der Waals surface area contributed by atoms with E-state index in [9.17, 15) is 69.6 Å². The van der Waals surface area contributed by atoms with Crippen molar-refractivity contribution < 1.29 is 49.5 Å². The van der Waals surface area contributed by atoms with Gasteiger partial charge in [-0.15, -0.1) is 9.81 Å². The summed E-state index contributed by atoms with van der Waals surface area (Å²) in [5.74, 6) is -9.51. The molecule has 32 heavy (non-hydrogen) atoms. The van der Waals surface area contributed by atoms with Crippen LogP contribution in [0.4, 0.5) is 0 Å². The van der Waals surface area contributed by atoms with Gasteiger partial charge < -0.3 is 20.4 Å². The number of nitrogens with zero attached hydrogens (tertiary/aromatic N) is 4. The average molecular weight is 460 g/mol. The number of aliphatic carboxylic acids is 4. The van der Waals surface area contributed by atoms with Crippen LogP contribution in [-0.4, -0.2) is 65.5 Å². The van der Waals surface area contributed by atoms with Crippen LogP contribution in [-0.2, 0) is 19.2 Å². The van der Waals surface area contributed by atoms with E-state index in [1.165, 1.54) is 0 Å². The summed E-state index contributed by atoms with van der Waals surface area (Å²) in [6, 6.07) is 0. The van der Waals surface area contributed by atoms with Crippen LogP contribution in [0.3, 0.4) is 0 Å². The molecule has 4 N–H and O–H groups in total. The number of nitro groups is 2. The predicted molar refractivity (Wildman–Crippen MR) is 89.8 cm³/mol. The smallest absolute Gasteiger partial charge is 0.380 e. The van der Waals surface area contributed by atoms with Crippen molar-refractivity contribution in [1.82, 2.24) is 0 Å². The van der Waals surface area contributed by atoms with Gasteiger partial charge in [0.1, 0.15) is 0 Å². The third-order valence-corrected chi connectivity index (χ3v) is 7.51. The van der Waals surface area contributed by atoms with E-state index in [2.05, 4.69) is 10.4 Å². The molecule has 4 fully saturated rings. The maximum Gasteiger partial charge on any atom is 0.380 e. The Morgan fingerprint density at radius 2 is 0.781 bits per heavy atom. The molecule has 18 nitrogen and oxygen atoms in total. The second-order valence-corrected chi connectivity index (χ2v) is 8.30. The molecule has 4 saturated carbocycles. The molecule has 4 rings (SSSR count). The summed E-state index contributed by atoms with van der Waals surface area (Å²) in [6.07, 6.45) is -6.86. The highest BCUT2D eigenvalue weighted by atomic mass is 16.6. The van der Waals surface area contributed by atoms with Crippen molar-refractivity contribution in [3.63, 3.8) is 0 Å². The normalized spacial score (nSPS) is 43.8. The summed E-state index contributed by atoms with van der Waals surface area (Å²) in [7, 11) is 0. The molecule has 0 heterocycles. The van der Waals surface area contributed by atoms with Crippen LogP contribution in [0.1, 0.15) is 25.7 Å². The molecular formula is C14H12N4O14. The standard InChI is InChI=1S/C14H12N4O14/c19-5(20)9-1-10(6(21)22)3-12(8(25)26,13(9,15-27)17(29)30)4-11(2-9,7(23)24)14(10,16-28)18(31)32/h1-4H2,(H,19,20)(H,21,22)(H,23,24)(H,25,26). The fourth-order valence-electron chi connectivity index (χ4n) is 6.53. The lowest BCUT2D eigenvalue weighted by Gasteiger charge is -2.67.